The molecule has 0 aliphatic carbocycles. The molecular formula is C33H34FN3O5S. The molecule has 2 aromatic heterocycles. The summed E-state index contributed by atoms with van der Waals surface area (Å²) in [6.45, 7) is 9.15. The summed E-state index contributed by atoms with van der Waals surface area (Å²) in [5.74, 6) is -0.0378. The fourth-order valence-corrected chi connectivity index (χ4v) is 5.28. The molecule has 0 N–H and O–H groups in total. The molecule has 5 aromatic rings. The highest BCUT2D eigenvalue weighted by molar-refractivity contribution is 7.95. The number of benzene rings is 3. The largest absolute Gasteiger partial charge is 0.497 e. The van der Waals surface area contributed by atoms with E-state index in [9.17, 15) is 14.4 Å². The van der Waals surface area contributed by atoms with Crippen molar-refractivity contribution in [2.24, 2.45) is 7.05 Å². The predicted molar refractivity (Wildman–Crippen MR) is 170 cm³/mol. The molecule has 43 heavy (non-hydrogen) atoms. The lowest BCUT2D eigenvalue weighted by molar-refractivity contribution is 0.414. The van der Waals surface area contributed by atoms with Crippen LogP contribution in [0.1, 0.15) is 36.1 Å². The van der Waals surface area contributed by atoms with Crippen molar-refractivity contribution in [3.05, 3.63) is 126 Å². The van der Waals surface area contributed by atoms with E-state index in [0.29, 0.717) is 16.9 Å². The zero-order valence-electron chi connectivity index (χ0n) is 25.2. The summed E-state index contributed by atoms with van der Waals surface area (Å²) in [4.78, 5) is 42.3. The standard InChI is InChI=1S/C31H28FN3O5S.C2H6/c1-18-6-13-23(14-7-18)41-40-27-20(3)29(36)33(4)28-26(27)30(37)34(17-21-9-11-22(39-5)12-10-21)31(38)35(28)25-15-8-19(2)16-24(25)32;1-2/h6-16H,17H2,1-5H3;1-2H3. The van der Waals surface area contributed by atoms with Crippen LogP contribution >= 0.6 is 12.0 Å². The Hall–Kier alpha value is -4.57. The van der Waals surface area contributed by atoms with Gasteiger partial charge in [-0.3, -0.25) is 18.7 Å². The van der Waals surface area contributed by atoms with Gasteiger partial charge in [0.1, 0.15) is 22.6 Å². The van der Waals surface area contributed by atoms with Gasteiger partial charge in [-0.05, 0) is 68.3 Å². The smallest absolute Gasteiger partial charge is 0.337 e. The molecular weight excluding hydrogens is 569 g/mol. The molecule has 0 radical (unpaired) electrons. The second kappa shape index (κ2) is 13.2. The molecule has 0 aliphatic rings. The first-order valence-corrected chi connectivity index (χ1v) is 14.5. The predicted octanol–water partition coefficient (Wildman–Crippen LogP) is 6.08. The topological polar surface area (TPSA) is 84.5 Å². The fourth-order valence-electron chi connectivity index (χ4n) is 4.64. The SMILES string of the molecule is CC.COc1ccc(Cn2c(=O)c3c(OSc4ccc(C)cc4)c(C)c(=O)n(C)c3n(-c3ccc(C)cc3F)c2=O)cc1. The third-order valence-corrected chi connectivity index (χ3v) is 7.63. The number of pyridine rings is 1. The summed E-state index contributed by atoms with van der Waals surface area (Å²) in [7, 11) is 2.99. The summed E-state index contributed by atoms with van der Waals surface area (Å²) in [6, 6.07) is 18.9. The summed E-state index contributed by atoms with van der Waals surface area (Å²) in [5.41, 5.74) is 0.452. The van der Waals surface area contributed by atoms with Crippen molar-refractivity contribution in [3.63, 3.8) is 0 Å². The Labute approximate surface area is 253 Å². The van der Waals surface area contributed by atoms with Crippen LogP contribution in [0, 0.1) is 26.6 Å². The number of hydrogen-bond donors (Lipinski definition) is 0. The van der Waals surface area contributed by atoms with E-state index in [2.05, 4.69) is 0 Å². The Morgan fingerprint density at radius 3 is 2.07 bits per heavy atom. The molecule has 2 heterocycles. The first-order chi connectivity index (χ1) is 20.6. The number of hydrogen-bond acceptors (Lipinski definition) is 6. The molecule has 0 spiro atoms. The van der Waals surface area contributed by atoms with Gasteiger partial charge in [0.2, 0.25) is 0 Å². The van der Waals surface area contributed by atoms with Crippen molar-refractivity contribution in [2.45, 2.75) is 46.1 Å². The first-order valence-electron chi connectivity index (χ1n) is 13.8. The lowest BCUT2D eigenvalue weighted by Gasteiger charge is -2.20. The number of fused-ring (bicyclic) bond motifs is 1. The molecule has 0 aliphatic heterocycles. The first kappa shape index (κ1) is 31.4. The second-order valence-corrected chi connectivity index (χ2v) is 10.6. The summed E-state index contributed by atoms with van der Waals surface area (Å²) in [6.07, 6.45) is 0. The van der Waals surface area contributed by atoms with Crippen LogP contribution in [0.25, 0.3) is 16.7 Å². The van der Waals surface area contributed by atoms with Gasteiger partial charge in [0.25, 0.3) is 11.1 Å². The zero-order valence-corrected chi connectivity index (χ0v) is 26.0. The minimum Gasteiger partial charge on any atom is -0.497 e. The lowest BCUT2D eigenvalue weighted by Crippen LogP contribution is -2.42. The Morgan fingerprint density at radius 1 is 0.837 bits per heavy atom. The molecule has 0 unspecified atom stereocenters. The maximum absolute atomic E-state index is 15.4. The molecule has 0 saturated carbocycles. The Balaban J connectivity index is 0.00000207. The molecule has 5 rings (SSSR count). The van der Waals surface area contributed by atoms with E-state index in [-0.39, 0.29) is 34.6 Å². The van der Waals surface area contributed by atoms with E-state index in [0.717, 1.165) is 31.6 Å². The van der Waals surface area contributed by atoms with Crippen LogP contribution in [0.15, 0.2) is 86.0 Å². The maximum atomic E-state index is 15.4. The van der Waals surface area contributed by atoms with Gasteiger partial charge in [-0.2, -0.15) is 0 Å². The van der Waals surface area contributed by atoms with Crippen LogP contribution in [0.4, 0.5) is 4.39 Å². The van der Waals surface area contributed by atoms with E-state index in [1.54, 1.807) is 51.3 Å². The molecule has 0 atom stereocenters. The van der Waals surface area contributed by atoms with Gasteiger partial charge >= 0.3 is 5.69 Å². The van der Waals surface area contributed by atoms with Crippen LogP contribution in [-0.2, 0) is 13.6 Å². The third kappa shape index (κ3) is 6.15. The maximum Gasteiger partial charge on any atom is 0.337 e. The van der Waals surface area contributed by atoms with E-state index in [1.807, 2.05) is 45.0 Å². The highest BCUT2D eigenvalue weighted by atomic mass is 32.2. The van der Waals surface area contributed by atoms with E-state index >= 15 is 4.39 Å². The van der Waals surface area contributed by atoms with Crippen molar-refractivity contribution in [2.75, 3.05) is 7.11 Å². The molecule has 3 aromatic carbocycles. The van der Waals surface area contributed by atoms with Crippen molar-refractivity contribution in [1.82, 2.24) is 13.7 Å². The number of nitrogens with zero attached hydrogens (tertiary/aromatic N) is 3. The highest BCUT2D eigenvalue weighted by Gasteiger charge is 2.25. The molecule has 0 saturated heterocycles. The van der Waals surface area contributed by atoms with Crippen molar-refractivity contribution < 1.29 is 13.3 Å². The quantitative estimate of drug-likeness (QED) is 0.210. The van der Waals surface area contributed by atoms with Crippen LogP contribution < -0.4 is 25.7 Å². The van der Waals surface area contributed by atoms with Gasteiger partial charge in [-0.25, -0.2) is 13.8 Å². The number of rotatable bonds is 7. The van der Waals surface area contributed by atoms with Crippen molar-refractivity contribution in [1.29, 1.82) is 0 Å². The normalized spacial score (nSPS) is 10.8. The fraction of sp³-hybridized carbons (Fsp3) is 0.242. The van der Waals surface area contributed by atoms with Crippen LogP contribution in [-0.4, -0.2) is 20.8 Å². The van der Waals surface area contributed by atoms with Gasteiger partial charge in [-0.15, -0.1) is 0 Å². The van der Waals surface area contributed by atoms with Gasteiger partial charge in [0.05, 0.1) is 36.9 Å². The minimum absolute atomic E-state index is 0.0164. The van der Waals surface area contributed by atoms with Crippen LogP contribution in [0.2, 0.25) is 0 Å². The summed E-state index contributed by atoms with van der Waals surface area (Å²) in [5, 5.41) is -0.0164. The third-order valence-electron chi connectivity index (χ3n) is 6.91. The Kier molecular flexibility index (Phi) is 9.60. The summed E-state index contributed by atoms with van der Waals surface area (Å²) >= 11 is 0.988. The number of aromatic nitrogens is 3. The summed E-state index contributed by atoms with van der Waals surface area (Å²) < 4.78 is 30.0. The molecule has 0 fully saturated rings. The molecule has 0 amide bonds. The van der Waals surface area contributed by atoms with Gasteiger partial charge in [0, 0.05) is 11.9 Å². The Morgan fingerprint density at radius 2 is 1.47 bits per heavy atom. The second-order valence-electron chi connectivity index (χ2n) is 9.81. The number of ether oxygens (including phenoxy) is 1. The molecule has 8 nitrogen and oxygen atoms in total. The monoisotopic (exact) mass is 603 g/mol. The van der Waals surface area contributed by atoms with Crippen molar-refractivity contribution >= 4 is 23.1 Å². The molecule has 224 valence electrons. The van der Waals surface area contributed by atoms with Crippen LogP contribution in [0.3, 0.4) is 0 Å². The highest BCUT2D eigenvalue weighted by Crippen LogP contribution is 2.31. The van der Waals surface area contributed by atoms with E-state index in [1.165, 1.54) is 23.7 Å². The lowest BCUT2D eigenvalue weighted by atomic mass is 10.1. The molecule has 10 heteroatoms. The number of halogens is 1. The van der Waals surface area contributed by atoms with E-state index < -0.39 is 22.6 Å². The minimum atomic E-state index is -0.794. The van der Waals surface area contributed by atoms with Crippen LogP contribution in [0.5, 0.6) is 11.5 Å². The average Bonchev–Trinajstić information content (AvgIpc) is 3.01. The number of aryl methyl sites for hydroxylation is 3. The van der Waals surface area contributed by atoms with Crippen molar-refractivity contribution in [3.8, 4) is 17.2 Å². The zero-order chi connectivity index (χ0) is 31.4. The van der Waals surface area contributed by atoms with Gasteiger partial charge in [-0.1, -0.05) is 49.7 Å². The molecule has 0 bridgehead atoms. The van der Waals surface area contributed by atoms with Gasteiger partial charge in [0.15, 0.2) is 5.75 Å². The average molecular weight is 604 g/mol. The van der Waals surface area contributed by atoms with E-state index in [4.69, 9.17) is 8.92 Å². The Bertz CT molecular complexity index is 1960. The number of methoxy groups -OCH3 is 1. The van der Waals surface area contributed by atoms with Gasteiger partial charge < -0.3 is 8.92 Å².